The summed E-state index contributed by atoms with van der Waals surface area (Å²) in [7, 11) is 2.03. The average molecular weight is 239 g/mol. The van der Waals surface area contributed by atoms with Crippen molar-refractivity contribution in [2.24, 2.45) is 0 Å². The van der Waals surface area contributed by atoms with E-state index in [1.165, 1.54) is 0 Å². The van der Waals surface area contributed by atoms with Gasteiger partial charge in [-0.05, 0) is 33.7 Å². The first-order valence-electron chi connectivity index (χ1n) is 6.49. The Hall–Kier alpha value is -0.630. The maximum atomic E-state index is 9.06. The van der Waals surface area contributed by atoms with Crippen molar-refractivity contribution in [2.75, 3.05) is 33.3 Å². The maximum Gasteiger partial charge on any atom is 0.0641 e. The van der Waals surface area contributed by atoms with Gasteiger partial charge in [0, 0.05) is 31.2 Å². The molecule has 0 aromatic carbocycles. The molecule has 0 atom stereocenters. The number of aliphatic hydroxyl groups is 1. The van der Waals surface area contributed by atoms with Gasteiger partial charge in [0.1, 0.15) is 0 Å². The molecule has 1 N–H and O–H groups in total. The topological polar surface area (TPSA) is 50.5 Å². The summed E-state index contributed by atoms with van der Waals surface area (Å²) in [5.74, 6) is 0. The molecule has 0 bridgehead atoms. The van der Waals surface area contributed by atoms with Crippen molar-refractivity contribution in [2.45, 2.75) is 44.7 Å². The standard InChI is InChI=1S/C13H25N3O/c1-12(2)16-8-5-13(4-7-14,6-9-16)15(3)10-11-17/h12,17H,4-6,8-11H2,1-3H3. The molecule has 4 heteroatoms. The molecule has 0 amide bonds. The van der Waals surface area contributed by atoms with Crippen LogP contribution in [0.3, 0.4) is 0 Å². The lowest BCUT2D eigenvalue weighted by Gasteiger charge is -2.47. The number of hydrogen-bond acceptors (Lipinski definition) is 4. The molecule has 0 unspecified atom stereocenters. The molecule has 1 aliphatic rings. The molecule has 0 saturated carbocycles. The van der Waals surface area contributed by atoms with Crippen molar-refractivity contribution in [3.8, 4) is 6.07 Å². The Morgan fingerprint density at radius 3 is 2.41 bits per heavy atom. The van der Waals surface area contributed by atoms with Crippen LogP contribution in [0, 0.1) is 11.3 Å². The second-order valence-corrected chi connectivity index (χ2v) is 5.33. The Morgan fingerprint density at radius 1 is 1.41 bits per heavy atom. The minimum atomic E-state index is -0.0249. The first kappa shape index (κ1) is 14.4. The monoisotopic (exact) mass is 239 g/mol. The van der Waals surface area contributed by atoms with E-state index in [1.807, 2.05) is 7.05 Å². The van der Waals surface area contributed by atoms with E-state index in [0.29, 0.717) is 19.0 Å². The first-order valence-corrected chi connectivity index (χ1v) is 6.49. The summed E-state index contributed by atoms with van der Waals surface area (Å²) in [5.41, 5.74) is -0.0249. The third kappa shape index (κ3) is 3.41. The van der Waals surface area contributed by atoms with Crippen LogP contribution in [0.4, 0.5) is 0 Å². The fraction of sp³-hybridized carbons (Fsp3) is 0.923. The van der Waals surface area contributed by atoms with Gasteiger partial charge in [-0.3, -0.25) is 4.90 Å². The van der Waals surface area contributed by atoms with Crippen LogP contribution >= 0.6 is 0 Å². The minimum Gasteiger partial charge on any atom is -0.395 e. The van der Waals surface area contributed by atoms with Crippen LogP contribution < -0.4 is 0 Å². The molecule has 1 heterocycles. The van der Waals surface area contributed by atoms with Gasteiger partial charge in [0.05, 0.1) is 19.1 Å². The summed E-state index contributed by atoms with van der Waals surface area (Å²) in [4.78, 5) is 4.64. The third-order valence-electron chi connectivity index (χ3n) is 4.11. The number of β-amino-alcohol motifs (C(OH)–C–C–N with tert-alkyl or cyclic N) is 1. The summed E-state index contributed by atoms with van der Waals surface area (Å²) >= 11 is 0. The number of likely N-dealkylation sites (tertiary alicyclic amines) is 1. The van der Waals surface area contributed by atoms with Gasteiger partial charge in [0.2, 0.25) is 0 Å². The molecule has 98 valence electrons. The van der Waals surface area contributed by atoms with E-state index < -0.39 is 0 Å². The number of hydrogen-bond donors (Lipinski definition) is 1. The quantitative estimate of drug-likeness (QED) is 0.779. The fourth-order valence-electron chi connectivity index (χ4n) is 2.68. The normalized spacial score (nSPS) is 20.8. The molecule has 0 radical (unpaired) electrons. The predicted octanol–water partition coefficient (Wildman–Crippen LogP) is 1.07. The van der Waals surface area contributed by atoms with Crippen molar-refractivity contribution in [1.29, 1.82) is 5.26 Å². The van der Waals surface area contributed by atoms with Gasteiger partial charge in [-0.2, -0.15) is 5.26 Å². The van der Waals surface area contributed by atoms with E-state index in [1.54, 1.807) is 0 Å². The molecule has 0 aromatic rings. The van der Waals surface area contributed by atoms with E-state index in [4.69, 9.17) is 10.4 Å². The lowest BCUT2D eigenvalue weighted by atomic mass is 9.83. The highest BCUT2D eigenvalue weighted by atomic mass is 16.3. The fourth-order valence-corrected chi connectivity index (χ4v) is 2.68. The van der Waals surface area contributed by atoms with Gasteiger partial charge in [-0.1, -0.05) is 0 Å². The molecule has 0 aromatic heterocycles. The van der Waals surface area contributed by atoms with Crippen LogP contribution in [-0.2, 0) is 0 Å². The molecular weight excluding hydrogens is 214 g/mol. The van der Waals surface area contributed by atoms with E-state index in [9.17, 15) is 0 Å². The zero-order valence-electron chi connectivity index (χ0n) is 11.3. The summed E-state index contributed by atoms with van der Waals surface area (Å²) in [6, 6.07) is 2.90. The largest absolute Gasteiger partial charge is 0.395 e. The summed E-state index contributed by atoms with van der Waals surface area (Å²) in [5, 5.41) is 18.1. The second kappa shape index (κ2) is 6.34. The molecule has 1 aliphatic heterocycles. The zero-order chi connectivity index (χ0) is 12.9. The number of likely N-dealkylation sites (N-methyl/N-ethyl adjacent to an activating group) is 1. The van der Waals surface area contributed by atoms with Gasteiger partial charge < -0.3 is 10.0 Å². The second-order valence-electron chi connectivity index (χ2n) is 5.33. The van der Waals surface area contributed by atoms with Gasteiger partial charge in [-0.25, -0.2) is 0 Å². The predicted molar refractivity (Wildman–Crippen MR) is 68.6 cm³/mol. The van der Waals surface area contributed by atoms with Gasteiger partial charge in [-0.15, -0.1) is 0 Å². The highest BCUT2D eigenvalue weighted by Crippen LogP contribution is 2.31. The van der Waals surface area contributed by atoms with E-state index in [0.717, 1.165) is 25.9 Å². The minimum absolute atomic E-state index is 0.0249. The van der Waals surface area contributed by atoms with Crippen LogP contribution in [0.25, 0.3) is 0 Å². The number of rotatable bonds is 5. The van der Waals surface area contributed by atoms with E-state index >= 15 is 0 Å². The van der Waals surface area contributed by atoms with Crippen LogP contribution in [0.15, 0.2) is 0 Å². The van der Waals surface area contributed by atoms with Crippen molar-refractivity contribution < 1.29 is 5.11 Å². The summed E-state index contributed by atoms with van der Waals surface area (Å²) in [6.45, 7) is 7.36. The smallest absolute Gasteiger partial charge is 0.0641 e. The van der Waals surface area contributed by atoms with Crippen molar-refractivity contribution in [3.05, 3.63) is 0 Å². The molecule has 17 heavy (non-hydrogen) atoms. The van der Waals surface area contributed by atoms with Crippen molar-refractivity contribution in [1.82, 2.24) is 9.80 Å². The number of nitrogens with zero attached hydrogens (tertiary/aromatic N) is 3. The van der Waals surface area contributed by atoms with Crippen molar-refractivity contribution >= 4 is 0 Å². The summed E-state index contributed by atoms with van der Waals surface area (Å²) < 4.78 is 0. The van der Waals surface area contributed by atoms with Crippen LogP contribution in [-0.4, -0.2) is 59.8 Å². The Kier molecular flexibility index (Phi) is 5.38. The van der Waals surface area contributed by atoms with Crippen LogP contribution in [0.5, 0.6) is 0 Å². The zero-order valence-corrected chi connectivity index (χ0v) is 11.3. The van der Waals surface area contributed by atoms with Crippen LogP contribution in [0.1, 0.15) is 33.1 Å². The molecular formula is C13H25N3O. The molecule has 4 nitrogen and oxygen atoms in total. The molecule has 0 spiro atoms. The maximum absolute atomic E-state index is 9.06. The highest BCUT2D eigenvalue weighted by molar-refractivity contribution is 5.00. The lowest BCUT2D eigenvalue weighted by molar-refractivity contribution is 0.0227. The number of piperidine rings is 1. The number of aliphatic hydroxyl groups excluding tert-OH is 1. The Balaban J connectivity index is 2.66. The Bertz CT molecular complexity index is 264. The Labute approximate surface area is 105 Å². The van der Waals surface area contributed by atoms with E-state index in [-0.39, 0.29) is 12.1 Å². The van der Waals surface area contributed by atoms with Crippen molar-refractivity contribution in [3.63, 3.8) is 0 Å². The van der Waals surface area contributed by atoms with E-state index in [2.05, 4.69) is 29.7 Å². The molecule has 1 saturated heterocycles. The molecule has 1 rings (SSSR count). The summed E-state index contributed by atoms with van der Waals surface area (Å²) in [6.07, 6.45) is 2.61. The van der Waals surface area contributed by atoms with Gasteiger partial charge in [0.15, 0.2) is 0 Å². The average Bonchev–Trinajstić information content (AvgIpc) is 2.30. The van der Waals surface area contributed by atoms with Crippen LogP contribution in [0.2, 0.25) is 0 Å². The number of nitriles is 1. The van der Waals surface area contributed by atoms with Gasteiger partial charge >= 0.3 is 0 Å². The highest BCUT2D eigenvalue weighted by Gasteiger charge is 2.38. The SMILES string of the molecule is CC(C)N1CCC(CC#N)(N(C)CCO)CC1. The first-order chi connectivity index (χ1) is 8.05. The van der Waals surface area contributed by atoms with Gasteiger partial charge in [0.25, 0.3) is 0 Å². The third-order valence-corrected chi connectivity index (χ3v) is 4.11. The molecule has 1 fully saturated rings. The Morgan fingerprint density at radius 2 is 2.00 bits per heavy atom. The molecule has 0 aliphatic carbocycles. The lowest BCUT2D eigenvalue weighted by Crippen LogP contribution is -2.55.